The quantitative estimate of drug-likeness (QED) is 0.0896. The van der Waals surface area contributed by atoms with Gasteiger partial charge in [0, 0.05) is 27.7 Å². The van der Waals surface area contributed by atoms with Crippen molar-refractivity contribution < 1.29 is 9.59 Å². The minimum Gasteiger partial charge on any atom is -0.289 e. The average Bonchev–Trinajstić information content (AvgIpc) is 3.45. The average molecular weight is 686 g/mol. The Balaban J connectivity index is 1.35. The first-order valence-electron chi connectivity index (χ1n) is 18.3. The van der Waals surface area contributed by atoms with E-state index in [9.17, 15) is 9.59 Å². The van der Waals surface area contributed by atoms with E-state index in [1.807, 2.05) is 79.7 Å². The van der Waals surface area contributed by atoms with Gasteiger partial charge in [0.1, 0.15) is 0 Å². The molecule has 0 N–H and O–H groups in total. The highest BCUT2D eigenvalue weighted by atomic mass is 32.2. The summed E-state index contributed by atoms with van der Waals surface area (Å²) in [6, 6.07) is 50.0. The number of carbonyl (C=O) groups is 2. The van der Waals surface area contributed by atoms with E-state index in [2.05, 4.69) is 86.6 Å². The summed E-state index contributed by atoms with van der Waals surface area (Å²) < 4.78 is 0. The number of ketones is 2. The van der Waals surface area contributed by atoms with Gasteiger partial charge in [0.05, 0.1) is 10.9 Å². The van der Waals surface area contributed by atoms with E-state index in [-0.39, 0.29) is 27.9 Å². The molecule has 1 unspecified atom stereocenters. The molecule has 0 fully saturated rings. The van der Waals surface area contributed by atoms with Crippen molar-refractivity contribution in [2.45, 2.75) is 79.4 Å². The lowest BCUT2D eigenvalue weighted by atomic mass is 9.70. The normalized spacial score (nSPS) is 13.3. The summed E-state index contributed by atoms with van der Waals surface area (Å²) in [6.45, 7) is 6.57. The number of benzene rings is 6. The third kappa shape index (κ3) is 6.64. The molecular weight excluding hydrogens is 641 g/mol. The summed E-state index contributed by atoms with van der Waals surface area (Å²) in [5.74, 6) is 0.126. The predicted octanol–water partition coefficient (Wildman–Crippen LogP) is 12.2. The Morgan fingerprint density at radius 2 is 1.02 bits per heavy atom. The molecule has 1 aliphatic carbocycles. The van der Waals surface area contributed by atoms with Crippen molar-refractivity contribution in [1.29, 1.82) is 0 Å². The predicted molar refractivity (Wildman–Crippen MR) is 211 cm³/mol. The van der Waals surface area contributed by atoms with Gasteiger partial charge in [-0.25, -0.2) is 0 Å². The number of unbranched alkanes of at least 4 members (excludes halogenated alkanes) is 2. The molecule has 1 aliphatic rings. The van der Waals surface area contributed by atoms with Gasteiger partial charge in [-0.15, -0.1) is 0 Å². The molecule has 6 aromatic rings. The van der Waals surface area contributed by atoms with Crippen molar-refractivity contribution in [3.63, 3.8) is 0 Å². The van der Waals surface area contributed by atoms with Gasteiger partial charge < -0.3 is 0 Å². The second kappa shape index (κ2) is 15.1. The van der Waals surface area contributed by atoms with Crippen molar-refractivity contribution in [2.24, 2.45) is 0 Å². The molecule has 51 heavy (non-hydrogen) atoms. The van der Waals surface area contributed by atoms with Crippen molar-refractivity contribution in [2.75, 3.05) is 0 Å². The Bertz CT molecular complexity index is 2160. The van der Waals surface area contributed by atoms with E-state index in [1.165, 1.54) is 36.9 Å². The van der Waals surface area contributed by atoms with Gasteiger partial charge in [0.25, 0.3) is 0 Å². The van der Waals surface area contributed by atoms with Gasteiger partial charge in [-0.3, -0.25) is 9.59 Å². The van der Waals surface area contributed by atoms with Crippen LogP contribution in [0.25, 0.3) is 11.1 Å². The molecular formula is C48H45O2S+. The minimum atomic E-state index is -0.388. The first kappa shape index (κ1) is 34.5. The fourth-order valence-corrected chi connectivity index (χ4v) is 9.90. The lowest BCUT2D eigenvalue weighted by molar-refractivity contribution is 0.103. The Kier molecular flexibility index (Phi) is 10.2. The highest BCUT2D eigenvalue weighted by Crippen LogP contribution is 2.55. The van der Waals surface area contributed by atoms with E-state index in [0.29, 0.717) is 11.1 Å². The third-order valence-corrected chi connectivity index (χ3v) is 12.7. The van der Waals surface area contributed by atoms with Crippen LogP contribution in [0.3, 0.4) is 0 Å². The van der Waals surface area contributed by atoms with Gasteiger partial charge in [-0.1, -0.05) is 124 Å². The van der Waals surface area contributed by atoms with Crippen LogP contribution >= 0.6 is 0 Å². The van der Waals surface area contributed by atoms with E-state index in [1.54, 1.807) is 0 Å². The van der Waals surface area contributed by atoms with Crippen molar-refractivity contribution in [3.05, 3.63) is 185 Å². The maximum absolute atomic E-state index is 14.0. The summed E-state index contributed by atoms with van der Waals surface area (Å²) in [6.07, 6.45) is 6.55. The Labute approximate surface area is 306 Å². The fraction of sp³-hybridized carbons (Fsp3) is 0.208. The van der Waals surface area contributed by atoms with Crippen LogP contribution in [0, 0.1) is 6.92 Å². The van der Waals surface area contributed by atoms with Gasteiger partial charge in [0.2, 0.25) is 0 Å². The maximum Gasteiger partial charge on any atom is 0.193 e. The van der Waals surface area contributed by atoms with Crippen LogP contribution in [-0.2, 0) is 16.3 Å². The zero-order valence-corrected chi connectivity index (χ0v) is 30.6. The molecule has 0 aromatic heterocycles. The molecule has 0 aliphatic heterocycles. The summed E-state index contributed by atoms with van der Waals surface area (Å²) in [4.78, 5) is 30.9. The number of hydrogen-bond acceptors (Lipinski definition) is 2. The van der Waals surface area contributed by atoms with Crippen molar-refractivity contribution >= 4 is 22.5 Å². The number of fused-ring (bicyclic) bond motifs is 3. The Hall–Kier alpha value is -4.99. The fourth-order valence-electron chi connectivity index (χ4n) is 7.81. The third-order valence-electron chi connectivity index (χ3n) is 10.5. The maximum atomic E-state index is 14.0. The highest BCUT2D eigenvalue weighted by Gasteiger charge is 2.44. The van der Waals surface area contributed by atoms with Gasteiger partial charge >= 0.3 is 0 Å². The van der Waals surface area contributed by atoms with Gasteiger partial charge in [-0.05, 0) is 108 Å². The molecule has 0 saturated carbocycles. The van der Waals surface area contributed by atoms with E-state index in [4.69, 9.17) is 0 Å². The molecule has 254 valence electrons. The van der Waals surface area contributed by atoms with E-state index < -0.39 is 0 Å². The zero-order chi connectivity index (χ0) is 35.4. The summed E-state index contributed by atoms with van der Waals surface area (Å²) in [5, 5.41) is 0. The molecule has 2 nitrogen and oxygen atoms in total. The molecule has 3 heteroatoms. The first-order valence-corrected chi connectivity index (χ1v) is 19.6. The van der Waals surface area contributed by atoms with Crippen LogP contribution in [0.4, 0.5) is 0 Å². The van der Waals surface area contributed by atoms with Crippen LogP contribution in [-0.4, -0.2) is 11.6 Å². The molecule has 6 aromatic carbocycles. The van der Waals surface area contributed by atoms with Gasteiger partial charge in [-0.2, -0.15) is 0 Å². The number of carbonyl (C=O) groups excluding carboxylic acids is 2. The van der Waals surface area contributed by atoms with Crippen molar-refractivity contribution in [1.82, 2.24) is 0 Å². The molecule has 0 amide bonds. The van der Waals surface area contributed by atoms with E-state index in [0.717, 1.165) is 55.2 Å². The molecule has 0 spiro atoms. The molecule has 0 saturated heterocycles. The largest absolute Gasteiger partial charge is 0.289 e. The van der Waals surface area contributed by atoms with Crippen molar-refractivity contribution in [3.8, 4) is 11.1 Å². The standard InChI is InChI=1S/C48H45O2S/c1-4-6-30-48(31-7-5-2)44-32-37(47(50)41-21-15-14-16-34(41)3)24-28-42(44)43-29-27-40(33-45(43)48)51(38-19-12-9-13-20-38)39-25-22-36(23-26-39)46(49)35-17-10-8-11-18-35/h8-29,32-33H,4-7,30-31H2,1-3H3/q+1. The lowest BCUT2D eigenvalue weighted by Gasteiger charge is -2.33. The van der Waals surface area contributed by atoms with Crippen LogP contribution in [0.1, 0.15) is 101 Å². The molecule has 1 atom stereocenters. The summed E-state index contributed by atoms with van der Waals surface area (Å²) in [5.41, 5.74) is 9.00. The summed E-state index contributed by atoms with van der Waals surface area (Å²) >= 11 is 0. The molecule has 7 rings (SSSR count). The van der Waals surface area contributed by atoms with E-state index >= 15 is 0 Å². The molecule has 0 bridgehead atoms. The SMILES string of the molecule is CCCCC1(CCCC)c2cc(C(=O)c3ccccc3C)ccc2-c2ccc([S+](c3ccccc3)c3ccc(C(=O)c4ccccc4)cc3)cc21. The number of rotatable bonds is 13. The highest BCUT2D eigenvalue weighted by molar-refractivity contribution is 7.97. The lowest BCUT2D eigenvalue weighted by Crippen LogP contribution is -2.26. The second-order valence-corrected chi connectivity index (χ2v) is 15.8. The summed E-state index contributed by atoms with van der Waals surface area (Å²) in [7, 11) is -0.388. The second-order valence-electron chi connectivity index (χ2n) is 13.7. The number of aryl methyl sites for hydroxylation is 1. The van der Waals surface area contributed by atoms with Gasteiger partial charge in [0.15, 0.2) is 26.3 Å². The minimum absolute atomic E-state index is 0.0361. The van der Waals surface area contributed by atoms with Crippen LogP contribution in [0.2, 0.25) is 0 Å². The Morgan fingerprint density at radius 3 is 1.67 bits per heavy atom. The molecule has 0 radical (unpaired) electrons. The van der Waals surface area contributed by atoms with Crippen LogP contribution in [0.15, 0.2) is 160 Å². The first-order chi connectivity index (χ1) is 24.9. The Morgan fingerprint density at radius 1 is 0.510 bits per heavy atom. The number of hydrogen-bond donors (Lipinski definition) is 0. The van der Waals surface area contributed by atoms with Crippen LogP contribution < -0.4 is 0 Å². The van der Waals surface area contributed by atoms with Crippen LogP contribution in [0.5, 0.6) is 0 Å². The smallest absolute Gasteiger partial charge is 0.193 e. The molecule has 0 heterocycles. The zero-order valence-electron chi connectivity index (χ0n) is 29.8. The monoisotopic (exact) mass is 685 g/mol. The topological polar surface area (TPSA) is 34.1 Å².